The molecule has 0 bridgehead atoms. The first-order valence-corrected chi connectivity index (χ1v) is 8.61. The minimum Gasteiger partial charge on any atom is -0.338 e. The molecule has 5 heteroatoms. The van der Waals surface area contributed by atoms with Gasteiger partial charge in [0.2, 0.25) is 5.89 Å². The molecule has 0 saturated carbocycles. The molecule has 2 fully saturated rings. The fraction of sp³-hybridized carbons (Fsp3) is 0.875. The summed E-state index contributed by atoms with van der Waals surface area (Å²) in [6.07, 6.45) is 8.66. The first-order valence-electron chi connectivity index (χ1n) is 8.61. The molecule has 5 nitrogen and oxygen atoms in total. The molecule has 118 valence electrons. The Morgan fingerprint density at radius 2 is 2.05 bits per heavy atom. The van der Waals surface area contributed by atoms with Gasteiger partial charge in [-0.1, -0.05) is 19.8 Å². The molecule has 1 aromatic rings. The van der Waals surface area contributed by atoms with Crippen molar-refractivity contribution in [3.05, 3.63) is 5.89 Å². The molecule has 2 aliphatic rings. The van der Waals surface area contributed by atoms with Gasteiger partial charge in [0.25, 0.3) is 5.95 Å². The molecule has 3 rings (SSSR count). The van der Waals surface area contributed by atoms with Gasteiger partial charge in [-0.2, -0.15) is 4.98 Å². The summed E-state index contributed by atoms with van der Waals surface area (Å²) in [5.74, 6) is 2.97. The van der Waals surface area contributed by atoms with Crippen LogP contribution in [0.3, 0.4) is 0 Å². The Balaban J connectivity index is 1.56. The van der Waals surface area contributed by atoms with Crippen LogP contribution in [0.25, 0.3) is 0 Å². The van der Waals surface area contributed by atoms with Crippen molar-refractivity contribution < 1.29 is 4.52 Å². The van der Waals surface area contributed by atoms with E-state index in [4.69, 9.17) is 4.52 Å². The smallest absolute Gasteiger partial charge is 0.266 e. The normalized spacial score (nSPS) is 25.6. The van der Waals surface area contributed by atoms with Crippen LogP contribution in [0.1, 0.15) is 51.3 Å². The molecule has 2 aliphatic heterocycles. The Hall–Kier alpha value is -1.10. The summed E-state index contributed by atoms with van der Waals surface area (Å²) in [6, 6.07) is 0. The molecule has 2 atom stereocenters. The van der Waals surface area contributed by atoms with Gasteiger partial charge in [0.15, 0.2) is 0 Å². The third kappa shape index (κ3) is 3.96. The molecular formula is C16H28N4O. The molecule has 1 N–H and O–H groups in total. The molecule has 2 unspecified atom stereocenters. The lowest BCUT2D eigenvalue weighted by Crippen LogP contribution is -2.34. The van der Waals surface area contributed by atoms with Crippen LogP contribution in [0.4, 0.5) is 5.95 Å². The van der Waals surface area contributed by atoms with Gasteiger partial charge in [-0.05, 0) is 55.8 Å². The van der Waals surface area contributed by atoms with E-state index >= 15 is 0 Å². The second kappa shape index (κ2) is 7.25. The first kappa shape index (κ1) is 14.8. The Bertz CT molecular complexity index is 420. The number of hydrogen-bond acceptors (Lipinski definition) is 5. The van der Waals surface area contributed by atoms with Gasteiger partial charge in [0.05, 0.1) is 0 Å². The van der Waals surface area contributed by atoms with Crippen LogP contribution in [0.15, 0.2) is 4.52 Å². The predicted molar refractivity (Wildman–Crippen MR) is 83.4 cm³/mol. The zero-order chi connectivity index (χ0) is 14.5. The van der Waals surface area contributed by atoms with Gasteiger partial charge in [-0.15, -0.1) is 0 Å². The molecule has 0 radical (unpaired) electrons. The van der Waals surface area contributed by atoms with Crippen LogP contribution in [-0.2, 0) is 6.42 Å². The number of hydrogen-bond donors (Lipinski definition) is 1. The van der Waals surface area contributed by atoms with Crippen molar-refractivity contribution in [3.63, 3.8) is 0 Å². The van der Waals surface area contributed by atoms with Gasteiger partial charge in [0.1, 0.15) is 0 Å². The van der Waals surface area contributed by atoms with E-state index in [1.165, 1.54) is 45.1 Å². The highest BCUT2D eigenvalue weighted by molar-refractivity contribution is 5.27. The van der Waals surface area contributed by atoms with Crippen molar-refractivity contribution in [2.45, 2.75) is 51.9 Å². The highest BCUT2D eigenvalue weighted by Gasteiger charge is 2.23. The van der Waals surface area contributed by atoms with Gasteiger partial charge < -0.3 is 14.7 Å². The quantitative estimate of drug-likeness (QED) is 0.924. The summed E-state index contributed by atoms with van der Waals surface area (Å²) in [5.41, 5.74) is 0. The lowest BCUT2D eigenvalue weighted by Gasteiger charge is -2.27. The largest absolute Gasteiger partial charge is 0.338 e. The van der Waals surface area contributed by atoms with Crippen LogP contribution in [0, 0.1) is 11.8 Å². The van der Waals surface area contributed by atoms with Gasteiger partial charge in [-0.25, -0.2) is 0 Å². The highest BCUT2D eigenvalue weighted by atomic mass is 16.5. The predicted octanol–water partition coefficient (Wildman–Crippen LogP) is 2.63. The Labute approximate surface area is 127 Å². The van der Waals surface area contributed by atoms with E-state index in [1.54, 1.807) is 0 Å². The number of nitrogens with one attached hydrogen (secondary N) is 1. The number of piperidine rings is 1. The fourth-order valence-corrected chi connectivity index (χ4v) is 3.53. The maximum Gasteiger partial charge on any atom is 0.266 e. The maximum atomic E-state index is 5.50. The summed E-state index contributed by atoms with van der Waals surface area (Å²) in [7, 11) is 0. The van der Waals surface area contributed by atoms with Crippen molar-refractivity contribution >= 4 is 5.95 Å². The van der Waals surface area contributed by atoms with E-state index in [2.05, 4.69) is 27.3 Å². The third-order valence-corrected chi connectivity index (χ3v) is 4.98. The zero-order valence-corrected chi connectivity index (χ0v) is 13.2. The van der Waals surface area contributed by atoms with E-state index in [0.717, 1.165) is 43.8 Å². The summed E-state index contributed by atoms with van der Waals surface area (Å²) in [4.78, 5) is 6.92. The van der Waals surface area contributed by atoms with Crippen LogP contribution in [-0.4, -0.2) is 36.3 Å². The van der Waals surface area contributed by atoms with Crippen LogP contribution in [0.5, 0.6) is 0 Å². The van der Waals surface area contributed by atoms with Crippen molar-refractivity contribution in [2.24, 2.45) is 11.8 Å². The van der Waals surface area contributed by atoms with Crippen LogP contribution < -0.4 is 10.2 Å². The highest BCUT2D eigenvalue weighted by Crippen LogP contribution is 2.24. The number of aromatic nitrogens is 2. The van der Waals surface area contributed by atoms with Crippen molar-refractivity contribution in [2.75, 3.05) is 31.1 Å². The maximum absolute atomic E-state index is 5.50. The summed E-state index contributed by atoms with van der Waals surface area (Å²) >= 11 is 0. The van der Waals surface area contributed by atoms with E-state index in [1.807, 2.05) is 0 Å². The minimum absolute atomic E-state index is 0.607. The average molecular weight is 292 g/mol. The summed E-state index contributed by atoms with van der Waals surface area (Å²) in [5, 5.41) is 7.69. The molecular weight excluding hydrogens is 264 g/mol. The minimum atomic E-state index is 0.607. The van der Waals surface area contributed by atoms with Crippen molar-refractivity contribution in [1.82, 2.24) is 15.5 Å². The molecule has 0 spiro atoms. The topological polar surface area (TPSA) is 54.2 Å². The van der Waals surface area contributed by atoms with Crippen molar-refractivity contribution in [3.8, 4) is 0 Å². The van der Waals surface area contributed by atoms with Gasteiger partial charge in [0, 0.05) is 19.5 Å². The Kier molecular flexibility index (Phi) is 5.12. The number of nitrogens with zero attached hydrogens (tertiary/aromatic N) is 3. The van der Waals surface area contributed by atoms with Crippen LogP contribution in [0.2, 0.25) is 0 Å². The first-order chi connectivity index (χ1) is 10.3. The molecule has 21 heavy (non-hydrogen) atoms. The molecule has 0 aliphatic carbocycles. The summed E-state index contributed by atoms with van der Waals surface area (Å²) < 4.78 is 5.50. The zero-order valence-electron chi connectivity index (χ0n) is 13.2. The molecule has 0 aromatic carbocycles. The van der Waals surface area contributed by atoms with E-state index in [9.17, 15) is 0 Å². The second-order valence-electron chi connectivity index (χ2n) is 6.68. The third-order valence-electron chi connectivity index (χ3n) is 4.98. The number of anilines is 1. The summed E-state index contributed by atoms with van der Waals surface area (Å²) in [6.45, 7) is 6.76. The number of rotatable bonds is 4. The fourth-order valence-electron chi connectivity index (χ4n) is 3.53. The lowest BCUT2D eigenvalue weighted by molar-refractivity contribution is 0.257. The molecule has 3 heterocycles. The van der Waals surface area contributed by atoms with E-state index < -0.39 is 0 Å². The molecule has 1 aromatic heterocycles. The molecule has 0 amide bonds. The Morgan fingerprint density at radius 3 is 2.76 bits per heavy atom. The van der Waals surface area contributed by atoms with Crippen molar-refractivity contribution in [1.29, 1.82) is 0 Å². The average Bonchev–Trinajstić information content (AvgIpc) is 2.81. The van der Waals surface area contributed by atoms with E-state index in [0.29, 0.717) is 5.92 Å². The van der Waals surface area contributed by atoms with E-state index in [-0.39, 0.29) is 0 Å². The van der Waals surface area contributed by atoms with Crippen LogP contribution >= 0.6 is 0 Å². The van der Waals surface area contributed by atoms with Gasteiger partial charge in [-0.3, -0.25) is 0 Å². The lowest BCUT2D eigenvalue weighted by atomic mass is 9.85. The standard InChI is InChI=1S/C16H28N4O/c1-13(14-7-6-8-17-12-14)11-15-18-16(19-21-15)20-9-4-2-3-5-10-20/h13-14,17H,2-12H2,1H3. The Morgan fingerprint density at radius 1 is 1.24 bits per heavy atom. The SMILES string of the molecule is CC(Cc1nc(N2CCCCCC2)no1)C1CCCNC1. The van der Waals surface area contributed by atoms with Gasteiger partial charge >= 0.3 is 0 Å². The monoisotopic (exact) mass is 292 g/mol. The molecule has 2 saturated heterocycles. The second-order valence-corrected chi connectivity index (χ2v) is 6.68.